The minimum atomic E-state index is 0.747. The number of rotatable bonds is 2. The van der Waals surface area contributed by atoms with E-state index in [-0.39, 0.29) is 0 Å². The van der Waals surface area contributed by atoms with Crippen LogP contribution in [-0.4, -0.2) is 12.6 Å². The van der Waals surface area contributed by atoms with Gasteiger partial charge < -0.3 is 5.32 Å². The smallest absolute Gasteiger partial charge is 0.0108 e. The molecule has 0 bridgehead atoms. The highest BCUT2D eigenvalue weighted by Crippen LogP contribution is 2.26. The summed E-state index contributed by atoms with van der Waals surface area (Å²) in [6.45, 7) is 1.22. The van der Waals surface area contributed by atoms with Crippen LogP contribution in [0.4, 0.5) is 0 Å². The Morgan fingerprint density at radius 3 is 3.07 bits per heavy atom. The third-order valence-electron chi connectivity index (χ3n) is 3.87. The SMILES string of the molecule is c1cc2c(c(CC3CCCN3)c1)CCC2. The lowest BCUT2D eigenvalue weighted by atomic mass is 9.97. The van der Waals surface area contributed by atoms with Crippen LogP contribution in [0.15, 0.2) is 18.2 Å². The predicted octanol–water partition coefficient (Wildman–Crippen LogP) is 2.47. The fourth-order valence-electron chi connectivity index (χ4n) is 3.09. The minimum absolute atomic E-state index is 0.747. The van der Waals surface area contributed by atoms with Crippen LogP contribution in [0.2, 0.25) is 0 Å². The van der Waals surface area contributed by atoms with Crippen LogP contribution in [0.1, 0.15) is 36.0 Å². The fraction of sp³-hybridized carbons (Fsp3) is 0.571. The molecule has 0 aromatic heterocycles. The lowest BCUT2D eigenvalue weighted by Gasteiger charge is -2.13. The molecule has 1 nitrogen and oxygen atoms in total. The van der Waals surface area contributed by atoms with Gasteiger partial charge in [-0.3, -0.25) is 0 Å². The maximum atomic E-state index is 3.60. The van der Waals surface area contributed by atoms with Crippen LogP contribution < -0.4 is 5.32 Å². The summed E-state index contributed by atoms with van der Waals surface area (Å²) in [5, 5.41) is 3.60. The Morgan fingerprint density at radius 1 is 1.20 bits per heavy atom. The number of aryl methyl sites for hydroxylation is 1. The molecule has 1 aliphatic carbocycles. The quantitative estimate of drug-likeness (QED) is 0.775. The highest BCUT2D eigenvalue weighted by Gasteiger charge is 2.19. The van der Waals surface area contributed by atoms with Gasteiger partial charge in [0.2, 0.25) is 0 Å². The first-order chi connectivity index (χ1) is 7.43. The number of hydrogen-bond donors (Lipinski definition) is 1. The van der Waals surface area contributed by atoms with E-state index in [4.69, 9.17) is 0 Å². The molecule has 0 saturated carbocycles. The Kier molecular flexibility index (Phi) is 2.49. The fourth-order valence-corrected chi connectivity index (χ4v) is 3.09. The first-order valence-electron chi connectivity index (χ1n) is 6.26. The molecule has 1 fully saturated rings. The van der Waals surface area contributed by atoms with Crippen molar-refractivity contribution in [2.75, 3.05) is 6.54 Å². The molecule has 0 spiro atoms. The molecule has 0 radical (unpaired) electrons. The first-order valence-corrected chi connectivity index (χ1v) is 6.26. The lowest BCUT2D eigenvalue weighted by Crippen LogP contribution is -2.24. The Bertz CT molecular complexity index is 350. The van der Waals surface area contributed by atoms with Crippen molar-refractivity contribution in [1.29, 1.82) is 0 Å². The third-order valence-corrected chi connectivity index (χ3v) is 3.87. The van der Waals surface area contributed by atoms with Gasteiger partial charge >= 0.3 is 0 Å². The zero-order valence-electron chi connectivity index (χ0n) is 9.26. The van der Waals surface area contributed by atoms with E-state index < -0.39 is 0 Å². The van der Waals surface area contributed by atoms with Crippen molar-refractivity contribution in [2.24, 2.45) is 0 Å². The molecule has 1 aliphatic heterocycles. The molecule has 15 heavy (non-hydrogen) atoms. The molecule has 1 N–H and O–H groups in total. The summed E-state index contributed by atoms with van der Waals surface area (Å²) in [5.74, 6) is 0. The maximum absolute atomic E-state index is 3.60. The summed E-state index contributed by atoms with van der Waals surface area (Å²) < 4.78 is 0. The Balaban J connectivity index is 1.82. The van der Waals surface area contributed by atoms with Gasteiger partial charge in [0.05, 0.1) is 0 Å². The van der Waals surface area contributed by atoms with E-state index >= 15 is 0 Å². The molecule has 0 amide bonds. The number of nitrogens with one attached hydrogen (secondary N) is 1. The van der Waals surface area contributed by atoms with Gasteiger partial charge in [-0.1, -0.05) is 18.2 Å². The van der Waals surface area contributed by atoms with E-state index in [1.165, 1.54) is 45.1 Å². The lowest BCUT2D eigenvalue weighted by molar-refractivity contribution is 0.600. The first kappa shape index (κ1) is 9.41. The number of fused-ring (bicyclic) bond motifs is 1. The molecule has 1 saturated heterocycles. The Labute approximate surface area is 91.9 Å². The van der Waals surface area contributed by atoms with E-state index in [2.05, 4.69) is 23.5 Å². The summed E-state index contributed by atoms with van der Waals surface area (Å²) in [5.41, 5.74) is 4.90. The topological polar surface area (TPSA) is 12.0 Å². The van der Waals surface area contributed by atoms with E-state index in [1.54, 1.807) is 16.7 Å². The highest BCUT2D eigenvalue weighted by atomic mass is 14.9. The highest BCUT2D eigenvalue weighted by molar-refractivity contribution is 5.39. The van der Waals surface area contributed by atoms with E-state index in [1.807, 2.05) is 0 Å². The molecule has 1 aromatic rings. The van der Waals surface area contributed by atoms with Gasteiger partial charge in [0, 0.05) is 6.04 Å². The second-order valence-electron chi connectivity index (χ2n) is 4.91. The van der Waals surface area contributed by atoms with Crippen molar-refractivity contribution >= 4 is 0 Å². The van der Waals surface area contributed by atoms with Crippen molar-refractivity contribution in [2.45, 2.75) is 44.6 Å². The Morgan fingerprint density at radius 2 is 2.20 bits per heavy atom. The number of hydrogen-bond acceptors (Lipinski definition) is 1. The molecule has 3 rings (SSSR count). The summed E-state index contributed by atoms with van der Waals surface area (Å²) in [6, 6.07) is 7.64. The van der Waals surface area contributed by atoms with Crippen molar-refractivity contribution in [3.05, 3.63) is 34.9 Å². The Hall–Kier alpha value is -0.820. The van der Waals surface area contributed by atoms with Crippen molar-refractivity contribution in [1.82, 2.24) is 5.32 Å². The predicted molar refractivity (Wildman–Crippen MR) is 63.2 cm³/mol. The van der Waals surface area contributed by atoms with Crippen molar-refractivity contribution in [3.63, 3.8) is 0 Å². The molecule has 1 aromatic carbocycles. The van der Waals surface area contributed by atoms with E-state index in [0.29, 0.717) is 0 Å². The van der Waals surface area contributed by atoms with Gasteiger partial charge in [-0.25, -0.2) is 0 Å². The second kappa shape index (κ2) is 3.97. The van der Waals surface area contributed by atoms with Crippen LogP contribution >= 0.6 is 0 Å². The summed E-state index contributed by atoms with van der Waals surface area (Å²) in [7, 11) is 0. The summed E-state index contributed by atoms with van der Waals surface area (Å²) in [6.07, 6.45) is 7.97. The molecule has 1 atom stereocenters. The normalized spacial score (nSPS) is 24.4. The van der Waals surface area contributed by atoms with Gasteiger partial charge in [-0.15, -0.1) is 0 Å². The van der Waals surface area contributed by atoms with Crippen LogP contribution in [0.3, 0.4) is 0 Å². The van der Waals surface area contributed by atoms with Gasteiger partial charge in [0.1, 0.15) is 0 Å². The van der Waals surface area contributed by atoms with E-state index in [0.717, 1.165) is 6.04 Å². The van der Waals surface area contributed by atoms with Crippen LogP contribution in [0.5, 0.6) is 0 Å². The van der Waals surface area contributed by atoms with Crippen molar-refractivity contribution < 1.29 is 0 Å². The molecule has 1 unspecified atom stereocenters. The summed E-state index contributed by atoms with van der Waals surface area (Å²) in [4.78, 5) is 0. The monoisotopic (exact) mass is 201 g/mol. The molecule has 2 aliphatic rings. The maximum Gasteiger partial charge on any atom is 0.0108 e. The number of benzene rings is 1. The molecular weight excluding hydrogens is 182 g/mol. The van der Waals surface area contributed by atoms with Gasteiger partial charge in [-0.2, -0.15) is 0 Å². The zero-order chi connectivity index (χ0) is 10.1. The van der Waals surface area contributed by atoms with Gasteiger partial charge in [0.25, 0.3) is 0 Å². The minimum Gasteiger partial charge on any atom is -0.314 e. The van der Waals surface area contributed by atoms with Gasteiger partial charge in [-0.05, 0) is 61.8 Å². The van der Waals surface area contributed by atoms with E-state index in [9.17, 15) is 0 Å². The van der Waals surface area contributed by atoms with Crippen LogP contribution in [0, 0.1) is 0 Å². The standard InChI is InChI=1S/C14H19N/c1-4-11-5-2-8-14(11)12(6-1)10-13-7-3-9-15-13/h1,4,6,13,15H,2-3,5,7-10H2. The molecule has 1 heterocycles. The van der Waals surface area contributed by atoms with Crippen LogP contribution in [0.25, 0.3) is 0 Å². The second-order valence-corrected chi connectivity index (χ2v) is 4.91. The summed E-state index contributed by atoms with van der Waals surface area (Å²) >= 11 is 0. The largest absolute Gasteiger partial charge is 0.314 e. The molecular formula is C14H19N. The zero-order valence-corrected chi connectivity index (χ0v) is 9.26. The average Bonchev–Trinajstić information content (AvgIpc) is 2.87. The third kappa shape index (κ3) is 1.81. The molecule has 1 heteroatoms. The van der Waals surface area contributed by atoms with Gasteiger partial charge in [0.15, 0.2) is 0 Å². The molecule has 80 valence electrons. The van der Waals surface area contributed by atoms with Crippen LogP contribution in [-0.2, 0) is 19.3 Å². The van der Waals surface area contributed by atoms with Crippen molar-refractivity contribution in [3.8, 4) is 0 Å². The average molecular weight is 201 g/mol.